The molecular formula is C12H21NO2. The van der Waals surface area contributed by atoms with Crippen LogP contribution in [0.1, 0.15) is 44.9 Å². The van der Waals surface area contributed by atoms with Gasteiger partial charge in [-0.1, -0.05) is 12.8 Å². The van der Waals surface area contributed by atoms with Crippen molar-refractivity contribution >= 4 is 5.97 Å². The molecule has 1 saturated heterocycles. The van der Waals surface area contributed by atoms with E-state index in [1.807, 2.05) is 0 Å². The Balaban J connectivity index is 1.95. The molecule has 1 saturated carbocycles. The van der Waals surface area contributed by atoms with Gasteiger partial charge in [0.2, 0.25) is 0 Å². The fourth-order valence-electron chi connectivity index (χ4n) is 3.30. The van der Waals surface area contributed by atoms with Crippen molar-refractivity contribution in [2.45, 2.75) is 51.0 Å². The van der Waals surface area contributed by atoms with Gasteiger partial charge in [0.1, 0.15) is 0 Å². The second-order valence-corrected chi connectivity index (χ2v) is 5.02. The number of hydrogen-bond donors (Lipinski definition) is 2. The fraction of sp³-hybridized carbons (Fsp3) is 0.917. The third-order valence-electron chi connectivity index (χ3n) is 3.98. The molecule has 1 aliphatic carbocycles. The predicted molar refractivity (Wildman–Crippen MR) is 58.7 cm³/mol. The average Bonchev–Trinajstić information content (AvgIpc) is 2.70. The Labute approximate surface area is 91.2 Å². The largest absolute Gasteiger partial charge is 0.481 e. The van der Waals surface area contributed by atoms with Crippen LogP contribution in [0.15, 0.2) is 0 Å². The van der Waals surface area contributed by atoms with E-state index >= 15 is 0 Å². The number of carboxylic acid groups (broad SMARTS) is 1. The quantitative estimate of drug-likeness (QED) is 0.751. The standard InChI is InChI=1S/C12H21NO2/c14-11(15)8-10-6-3-7-13-12(10)9-4-1-2-5-9/h9-10,12-13H,1-8H2,(H,14,15)/t10-,12-/m0/s1. The van der Waals surface area contributed by atoms with E-state index in [1.54, 1.807) is 0 Å². The highest BCUT2D eigenvalue weighted by Crippen LogP contribution is 2.34. The van der Waals surface area contributed by atoms with Gasteiger partial charge in [0.15, 0.2) is 0 Å². The summed E-state index contributed by atoms with van der Waals surface area (Å²) in [5.74, 6) is 0.487. The smallest absolute Gasteiger partial charge is 0.303 e. The molecule has 1 heterocycles. The Morgan fingerprint density at radius 3 is 2.60 bits per heavy atom. The molecular weight excluding hydrogens is 190 g/mol. The molecule has 2 rings (SSSR count). The molecule has 3 nitrogen and oxygen atoms in total. The molecule has 0 bridgehead atoms. The van der Waals surface area contributed by atoms with Crippen molar-refractivity contribution < 1.29 is 9.90 Å². The van der Waals surface area contributed by atoms with Gasteiger partial charge in [-0.05, 0) is 44.1 Å². The van der Waals surface area contributed by atoms with Crippen LogP contribution in [0, 0.1) is 11.8 Å². The minimum atomic E-state index is -0.633. The molecule has 0 unspecified atom stereocenters. The van der Waals surface area contributed by atoms with Gasteiger partial charge in [0.25, 0.3) is 0 Å². The topological polar surface area (TPSA) is 49.3 Å². The van der Waals surface area contributed by atoms with Gasteiger partial charge in [0, 0.05) is 12.5 Å². The molecule has 86 valence electrons. The molecule has 0 aromatic rings. The third-order valence-corrected chi connectivity index (χ3v) is 3.98. The van der Waals surface area contributed by atoms with Crippen molar-refractivity contribution in [3.05, 3.63) is 0 Å². The van der Waals surface area contributed by atoms with Crippen LogP contribution in [-0.2, 0) is 4.79 Å². The van der Waals surface area contributed by atoms with E-state index in [0.29, 0.717) is 18.4 Å². The number of hydrogen-bond acceptors (Lipinski definition) is 2. The highest BCUT2D eigenvalue weighted by Gasteiger charge is 2.33. The molecule has 0 aromatic carbocycles. The first-order valence-corrected chi connectivity index (χ1v) is 6.22. The van der Waals surface area contributed by atoms with E-state index in [9.17, 15) is 4.79 Å². The summed E-state index contributed by atoms with van der Waals surface area (Å²) in [7, 11) is 0. The van der Waals surface area contributed by atoms with Crippen molar-refractivity contribution in [2.75, 3.05) is 6.54 Å². The molecule has 0 amide bonds. The Bertz CT molecular complexity index is 224. The summed E-state index contributed by atoms with van der Waals surface area (Å²) in [6.07, 6.45) is 7.86. The normalized spacial score (nSPS) is 33.1. The molecule has 2 aliphatic rings. The van der Waals surface area contributed by atoms with Gasteiger partial charge in [0.05, 0.1) is 0 Å². The zero-order chi connectivity index (χ0) is 10.7. The first-order valence-electron chi connectivity index (χ1n) is 6.22. The Kier molecular flexibility index (Phi) is 3.62. The molecule has 0 radical (unpaired) electrons. The zero-order valence-electron chi connectivity index (χ0n) is 9.24. The molecule has 0 aromatic heterocycles. The predicted octanol–water partition coefficient (Wildman–Crippen LogP) is 2.02. The lowest BCUT2D eigenvalue weighted by Gasteiger charge is -2.36. The Morgan fingerprint density at radius 1 is 1.20 bits per heavy atom. The lowest BCUT2D eigenvalue weighted by molar-refractivity contribution is -0.138. The summed E-state index contributed by atoms with van der Waals surface area (Å²) in [5, 5.41) is 12.5. The number of nitrogens with one attached hydrogen (secondary N) is 1. The summed E-state index contributed by atoms with van der Waals surface area (Å²) in [6, 6.07) is 0.484. The van der Waals surface area contributed by atoms with Gasteiger partial charge in [-0.3, -0.25) is 4.79 Å². The molecule has 1 aliphatic heterocycles. The summed E-state index contributed by atoms with van der Waals surface area (Å²) in [6.45, 7) is 1.08. The van der Waals surface area contributed by atoms with Crippen molar-refractivity contribution in [3.8, 4) is 0 Å². The lowest BCUT2D eigenvalue weighted by atomic mass is 9.80. The van der Waals surface area contributed by atoms with E-state index < -0.39 is 5.97 Å². The first kappa shape index (κ1) is 10.9. The number of carboxylic acids is 1. The Hall–Kier alpha value is -0.570. The van der Waals surface area contributed by atoms with Gasteiger partial charge in [-0.15, -0.1) is 0 Å². The van der Waals surface area contributed by atoms with Gasteiger partial charge >= 0.3 is 5.97 Å². The van der Waals surface area contributed by atoms with Crippen molar-refractivity contribution in [2.24, 2.45) is 11.8 Å². The molecule has 15 heavy (non-hydrogen) atoms. The van der Waals surface area contributed by atoms with Gasteiger partial charge in [-0.25, -0.2) is 0 Å². The van der Waals surface area contributed by atoms with Crippen LogP contribution in [0.5, 0.6) is 0 Å². The van der Waals surface area contributed by atoms with Crippen LogP contribution in [-0.4, -0.2) is 23.7 Å². The number of rotatable bonds is 3. The first-order chi connectivity index (χ1) is 7.27. The van der Waals surface area contributed by atoms with Crippen molar-refractivity contribution in [1.82, 2.24) is 5.32 Å². The van der Waals surface area contributed by atoms with E-state index in [1.165, 1.54) is 25.7 Å². The number of carbonyl (C=O) groups is 1. The maximum atomic E-state index is 10.8. The van der Waals surface area contributed by atoms with Crippen LogP contribution < -0.4 is 5.32 Å². The number of piperidine rings is 1. The summed E-state index contributed by atoms with van der Waals surface area (Å²) in [4.78, 5) is 10.8. The van der Waals surface area contributed by atoms with E-state index in [-0.39, 0.29) is 0 Å². The summed E-state index contributed by atoms with van der Waals surface area (Å²) in [5.41, 5.74) is 0. The molecule has 2 fully saturated rings. The Morgan fingerprint density at radius 2 is 1.93 bits per heavy atom. The van der Waals surface area contributed by atoms with Gasteiger partial charge in [-0.2, -0.15) is 0 Å². The highest BCUT2D eigenvalue weighted by molar-refractivity contribution is 5.67. The maximum Gasteiger partial charge on any atom is 0.303 e. The van der Waals surface area contributed by atoms with Crippen LogP contribution in [0.2, 0.25) is 0 Å². The molecule has 2 N–H and O–H groups in total. The van der Waals surface area contributed by atoms with Crippen LogP contribution in [0.3, 0.4) is 0 Å². The SMILES string of the molecule is O=C(O)C[C@@H]1CCCN[C@H]1C1CCCC1. The second-order valence-electron chi connectivity index (χ2n) is 5.02. The van der Waals surface area contributed by atoms with E-state index in [0.717, 1.165) is 25.3 Å². The molecule has 2 atom stereocenters. The van der Waals surface area contributed by atoms with Crippen molar-refractivity contribution in [3.63, 3.8) is 0 Å². The monoisotopic (exact) mass is 211 g/mol. The summed E-state index contributed by atoms with van der Waals surface area (Å²) < 4.78 is 0. The van der Waals surface area contributed by atoms with Crippen LogP contribution in [0.4, 0.5) is 0 Å². The lowest BCUT2D eigenvalue weighted by Crippen LogP contribution is -2.46. The third kappa shape index (κ3) is 2.71. The van der Waals surface area contributed by atoms with Gasteiger partial charge < -0.3 is 10.4 Å². The van der Waals surface area contributed by atoms with Crippen LogP contribution in [0.25, 0.3) is 0 Å². The fourth-order valence-corrected chi connectivity index (χ4v) is 3.30. The minimum Gasteiger partial charge on any atom is -0.481 e. The van der Waals surface area contributed by atoms with Crippen molar-refractivity contribution in [1.29, 1.82) is 0 Å². The average molecular weight is 211 g/mol. The molecule has 0 spiro atoms. The second kappa shape index (κ2) is 4.97. The highest BCUT2D eigenvalue weighted by atomic mass is 16.4. The maximum absolute atomic E-state index is 10.8. The zero-order valence-corrected chi connectivity index (χ0v) is 9.24. The minimum absolute atomic E-state index is 0.355. The van der Waals surface area contributed by atoms with E-state index in [2.05, 4.69) is 5.32 Å². The molecule has 3 heteroatoms. The van der Waals surface area contributed by atoms with E-state index in [4.69, 9.17) is 5.11 Å². The number of aliphatic carboxylic acids is 1. The summed E-state index contributed by atoms with van der Waals surface area (Å²) >= 11 is 0. The van der Waals surface area contributed by atoms with Crippen LogP contribution >= 0.6 is 0 Å².